The third-order valence-corrected chi connectivity index (χ3v) is 5.40. The minimum absolute atomic E-state index is 0.603. The SMILES string of the molecule is COc1cc(C#N)cc(C)c1N1c2ccccc2Sc2ccccc21. The van der Waals surface area contributed by atoms with E-state index in [4.69, 9.17) is 4.74 Å². The van der Waals surface area contributed by atoms with Gasteiger partial charge in [0.2, 0.25) is 0 Å². The Morgan fingerprint density at radius 3 is 2.12 bits per heavy atom. The molecule has 0 aromatic heterocycles. The molecule has 1 aliphatic heterocycles. The van der Waals surface area contributed by atoms with Crippen molar-refractivity contribution in [2.24, 2.45) is 0 Å². The number of methoxy groups -OCH3 is 1. The highest BCUT2D eigenvalue weighted by Gasteiger charge is 2.27. The molecule has 0 amide bonds. The van der Waals surface area contributed by atoms with Crippen molar-refractivity contribution in [2.75, 3.05) is 12.0 Å². The Labute approximate surface area is 151 Å². The molecular weight excluding hydrogens is 328 g/mol. The van der Waals surface area contributed by atoms with Crippen molar-refractivity contribution >= 4 is 28.8 Å². The van der Waals surface area contributed by atoms with Gasteiger partial charge in [0.05, 0.1) is 35.8 Å². The standard InChI is InChI=1S/C21H16N2OS/c1-14-11-15(13-22)12-18(24-2)21(14)23-16-7-3-5-9-19(16)25-20-10-6-4-8-17(20)23/h3-12H,1-2H3. The number of nitrogens with zero attached hydrogens (tertiary/aromatic N) is 2. The summed E-state index contributed by atoms with van der Waals surface area (Å²) in [6, 6.07) is 22.6. The molecule has 3 nitrogen and oxygen atoms in total. The number of hydrogen-bond donors (Lipinski definition) is 0. The van der Waals surface area contributed by atoms with Gasteiger partial charge in [-0.1, -0.05) is 36.0 Å². The Bertz CT molecular complexity index is 962. The minimum Gasteiger partial charge on any atom is -0.495 e. The fraction of sp³-hybridized carbons (Fsp3) is 0.0952. The first kappa shape index (κ1) is 15.6. The second-order valence-corrected chi connectivity index (χ2v) is 6.91. The quantitative estimate of drug-likeness (QED) is 0.460. The number of benzene rings is 3. The van der Waals surface area contributed by atoms with Gasteiger partial charge in [-0.2, -0.15) is 5.26 Å². The maximum Gasteiger partial charge on any atom is 0.144 e. The van der Waals surface area contributed by atoms with Crippen molar-refractivity contribution in [3.8, 4) is 11.8 Å². The number of nitriles is 1. The molecule has 4 rings (SSSR count). The highest BCUT2D eigenvalue weighted by atomic mass is 32.2. The van der Waals surface area contributed by atoms with Gasteiger partial charge in [-0.15, -0.1) is 0 Å². The zero-order valence-electron chi connectivity index (χ0n) is 14.0. The van der Waals surface area contributed by atoms with E-state index in [9.17, 15) is 5.26 Å². The monoisotopic (exact) mass is 344 g/mol. The van der Waals surface area contributed by atoms with Crippen LogP contribution in [0.1, 0.15) is 11.1 Å². The van der Waals surface area contributed by atoms with Gasteiger partial charge in [-0.05, 0) is 42.8 Å². The van der Waals surface area contributed by atoms with Crippen LogP contribution < -0.4 is 9.64 Å². The van der Waals surface area contributed by atoms with Gasteiger partial charge >= 0.3 is 0 Å². The van der Waals surface area contributed by atoms with Crippen LogP contribution >= 0.6 is 11.8 Å². The van der Waals surface area contributed by atoms with Crippen molar-refractivity contribution in [2.45, 2.75) is 16.7 Å². The summed E-state index contributed by atoms with van der Waals surface area (Å²) < 4.78 is 5.65. The number of fused-ring (bicyclic) bond motifs is 2. The van der Waals surface area contributed by atoms with E-state index in [2.05, 4.69) is 47.4 Å². The predicted molar refractivity (Wildman–Crippen MR) is 101 cm³/mol. The summed E-state index contributed by atoms with van der Waals surface area (Å²) in [6.07, 6.45) is 0. The third-order valence-electron chi connectivity index (χ3n) is 4.27. The molecule has 0 bridgehead atoms. The van der Waals surface area contributed by atoms with E-state index in [1.807, 2.05) is 25.1 Å². The number of hydrogen-bond acceptors (Lipinski definition) is 4. The van der Waals surface area contributed by atoms with E-state index >= 15 is 0 Å². The maximum atomic E-state index is 9.28. The molecule has 0 radical (unpaired) electrons. The van der Waals surface area contributed by atoms with Crippen molar-refractivity contribution in [3.05, 3.63) is 71.8 Å². The highest BCUT2D eigenvalue weighted by molar-refractivity contribution is 7.99. The average Bonchev–Trinajstić information content (AvgIpc) is 2.65. The summed E-state index contributed by atoms with van der Waals surface area (Å²) in [6.45, 7) is 2.02. The zero-order valence-corrected chi connectivity index (χ0v) is 14.8. The predicted octanol–water partition coefficient (Wildman–Crippen LogP) is 5.81. The van der Waals surface area contributed by atoms with Gasteiger partial charge in [-0.25, -0.2) is 0 Å². The average molecular weight is 344 g/mol. The van der Waals surface area contributed by atoms with Crippen LogP contribution in [-0.4, -0.2) is 7.11 Å². The molecule has 0 unspecified atom stereocenters. The largest absolute Gasteiger partial charge is 0.495 e. The Morgan fingerprint density at radius 1 is 0.960 bits per heavy atom. The van der Waals surface area contributed by atoms with Crippen molar-refractivity contribution in [1.29, 1.82) is 5.26 Å². The van der Waals surface area contributed by atoms with Crippen LogP contribution in [-0.2, 0) is 0 Å². The molecule has 1 heterocycles. The van der Waals surface area contributed by atoms with Crippen LogP contribution in [0.3, 0.4) is 0 Å². The Hall–Kier alpha value is -2.90. The van der Waals surface area contributed by atoms with E-state index in [0.717, 1.165) is 22.6 Å². The van der Waals surface area contributed by atoms with Crippen LogP contribution in [0.4, 0.5) is 17.1 Å². The molecule has 122 valence electrons. The molecule has 3 aromatic carbocycles. The zero-order chi connectivity index (χ0) is 17.4. The fourth-order valence-electron chi connectivity index (χ4n) is 3.20. The molecule has 25 heavy (non-hydrogen) atoms. The van der Waals surface area contributed by atoms with Crippen LogP contribution in [0.2, 0.25) is 0 Å². The summed E-state index contributed by atoms with van der Waals surface area (Å²) in [7, 11) is 1.65. The smallest absolute Gasteiger partial charge is 0.144 e. The van der Waals surface area contributed by atoms with Crippen molar-refractivity contribution < 1.29 is 4.74 Å². The molecule has 1 aliphatic rings. The lowest BCUT2D eigenvalue weighted by Crippen LogP contribution is -2.16. The third kappa shape index (κ3) is 2.54. The van der Waals surface area contributed by atoms with Crippen molar-refractivity contribution in [3.63, 3.8) is 0 Å². The van der Waals surface area contributed by atoms with Gasteiger partial charge in [0, 0.05) is 15.9 Å². The highest BCUT2D eigenvalue weighted by Crippen LogP contribution is 2.53. The van der Waals surface area contributed by atoms with E-state index in [1.54, 1.807) is 24.9 Å². The molecule has 0 atom stereocenters. The summed E-state index contributed by atoms with van der Waals surface area (Å²) in [5.41, 5.74) is 4.83. The van der Waals surface area contributed by atoms with E-state index < -0.39 is 0 Å². The van der Waals surface area contributed by atoms with Crippen LogP contribution in [0.5, 0.6) is 5.75 Å². The Morgan fingerprint density at radius 2 is 1.56 bits per heavy atom. The number of para-hydroxylation sites is 2. The minimum atomic E-state index is 0.603. The molecule has 0 saturated heterocycles. The first-order valence-corrected chi connectivity index (χ1v) is 8.79. The summed E-state index contributed by atoms with van der Waals surface area (Å²) in [4.78, 5) is 4.63. The lowest BCUT2D eigenvalue weighted by Gasteiger charge is -2.34. The first-order valence-electron chi connectivity index (χ1n) is 7.97. The van der Waals surface area contributed by atoms with Crippen molar-refractivity contribution in [1.82, 2.24) is 0 Å². The normalized spacial score (nSPS) is 12.1. The Balaban J connectivity index is 2.02. The first-order chi connectivity index (χ1) is 12.2. The number of anilines is 3. The van der Waals surface area contributed by atoms with E-state index in [-0.39, 0.29) is 0 Å². The topological polar surface area (TPSA) is 36.3 Å². The maximum absolute atomic E-state index is 9.28. The summed E-state index contributed by atoms with van der Waals surface area (Å²) in [5, 5.41) is 9.28. The molecule has 0 saturated carbocycles. The van der Waals surface area contributed by atoms with Gasteiger partial charge in [-0.3, -0.25) is 0 Å². The molecule has 0 spiro atoms. The van der Waals surface area contributed by atoms with Gasteiger partial charge < -0.3 is 9.64 Å². The molecule has 0 N–H and O–H groups in total. The lowest BCUT2D eigenvalue weighted by atomic mass is 10.1. The molecule has 3 aromatic rings. The Kier molecular flexibility index (Phi) is 3.87. The second-order valence-electron chi connectivity index (χ2n) is 5.83. The van der Waals surface area contributed by atoms with E-state index in [0.29, 0.717) is 11.3 Å². The van der Waals surface area contributed by atoms with Crippen LogP contribution in [0, 0.1) is 18.3 Å². The molecule has 0 aliphatic carbocycles. The lowest BCUT2D eigenvalue weighted by molar-refractivity contribution is 0.415. The number of ether oxygens (including phenoxy) is 1. The van der Waals surface area contributed by atoms with Gasteiger partial charge in [0.1, 0.15) is 5.75 Å². The fourth-order valence-corrected chi connectivity index (χ4v) is 4.26. The van der Waals surface area contributed by atoms with Crippen LogP contribution in [0.15, 0.2) is 70.5 Å². The molecule has 4 heteroatoms. The van der Waals surface area contributed by atoms with Crippen LogP contribution in [0.25, 0.3) is 0 Å². The molecule has 0 fully saturated rings. The second kappa shape index (κ2) is 6.19. The van der Waals surface area contributed by atoms with Gasteiger partial charge in [0.15, 0.2) is 0 Å². The number of aryl methyl sites for hydroxylation is 1. The summed E-state index contributed by atoms with van der Waals surface area (Å²) in [5.74, 6) is 0.702. The van der Waals surface area contributed by atoms with E-state index in [1.165, 1.54) is 9.79 Å². The molecular formula is C21H16N2OS. The van der Waals surface area contributed by atoms with Gasteiger partial charge in [0.25, 0.3) is 0 Å². The number of rotatable bonds is 2. The summed E-state index contributed by atoms with van der Waals surface area (Å²) >= 11 is 1.77.